The highest BCUT2D eigenvalue weighted by atomic mass is 16.5. The molecule has 0 saturated carbocycles. The molecule has 1 aliphatic heterocycles. The van der Waals surface area contributed by atoms with E-state index < -0.39 is 24.3 Å². The maximum Gasteiger partial charge on any atom is 0.340 e. The molecule has 1 fully saturated rings. The predicted octanol–water partition coefficient (Wildman–Crippen LogP) is 0.303. The Kier molecular flexibility index (Phi) is 3.93. The molecule has 106 valence electrons. The van der Waals surface area contributed by atoms with Gasteiger partial charge in [0.2, 0.25) is 0 Å². The molecule has 0 bridgehead atoms. The number of rotatable bonds is 3. The van der Waals surface area contributed by atoms with Gasteiger partial charge in [0.1, 0.15) is 18.3 Å². The van der Waals surface area contributed by atoms with E-state index in [2.05, 4.69) is 0 Å². The largest absolute Gasteiger partial charge is 0.462 e. The fraction of sp³-hybridized carbons (Fsp3) is 0.615. The molecule has 1 aliphatic rings. The van der Waals surface area contributed by atoms with E-state index in [9.17, 15) is 15.0 Å². The highest BCUT2D eigenvalue weighted by Crippen LogP contribution is 2.34. The van der Waals surface area contributed by atoms with Crippen LogP contribution in [-0.4, -0.2) is 46.2 Å². The first kappa shape index (κ1) is 14.0. The van der Waals surface area contributed by atoms with Gasteiger partial charge < -0.3 is 24.3 Å². The smallest absolute Gasteiger partial charge is 0.340 e. The van der Waals surface area contributed by atoms with Crippen LogP contribution in [0, 0.1) is 6.92 Å². The fourth-order valence-corrected chi connectivity index (χ4v) is 2.31. The van der Waals surface area contributed by atoms with Crippen LogP contribution in [0.4, 0.5) is 0 Å². The summed E-state index contributed by atoms with van der Waals surface area (Å²) in [6.45, 7) is 3.87. The lowest BCUT2D eigenvalue weighted by atomic mass is 10.0. The van der Waals surface area contributed by atoms with Crippen LogP contribution >= 0.6 is 0 Å². The molecular weight excluding hydrogens is 250 g/mol. The molecule has 6 heteroatoms. The zero-order valence-electron chi connectivity index (χ0n) is 11.3. The van der Waals surface area contributed by atoms with Gasteiger partial charge in [-0.2, -0.15) is 0 Å². The van der Waals surface area contributed by atoms with Crippen LogP contribution < -0.4 is 0 Å². The number of esters is 1. The second-order valence-corrected chi connectivity index (χ2v) is 4.69. The number of hydrogen-bond donors (Lipinski definition) is 2. The zero-order valence-corrected chi connectivity index (χ0v) is 11.3. The van der Waals surface area contributed by atoms with Crippen LogP contribution in [0.15, 0.2) is 6.20 Å². The maximum atomic E-state index is 12.0. The van der Waals surface area contributed by atoms with Gasteiger partial charge in [0.25, 0.3) is 0 Å². The molecule has 2 heterocycles. The van der Waals surface area contributed by atoms with Crippen molar-refractivity contribution in [2.45, 2.75) is 32.2 Å². The standard InChI is InChI=1S/C13H19NO5/c1-4-18-13(17)10-7(2)14(3)5-8(10)12-11(16)9(15)6-19-12/h5,9,11-12,15-16H,4,6H2,1-3H3. The van der Waals surface area contributed by atoms with Crippen LogP contribution in [0.2, 0.25) is 0 Å². The average Bonchev–Trinajstić information content (AvgIpc) is 2.83. The third kappa shape index (κ3) is 2.39. The molecule has 2 rings (SSSR count). The lowest BCUT2D eigenvalue weighted by Gasteiger charge is -2.15. The summed E-state index contributed by atoms with van der Waals surface area (Å²) in [5.74, 6) is -0.437. The molecule has 1 saturated heterocycles. The van der Waals surface area contributed by atoms with E-state index in [1.54, 1.807) is 31.7 Å². The molecule has 0 aromatic carbocycles. The SMILES string of the molecule is CCOC(=O)c1c(C2OCC(O)C2O)cn(C)c1C. The van der Waals surface area contributed by atoms with Gasteiger partial charge >= 0.3 is 5.97 Å². The lowest BCUT2D eigenvalue weighted by molar-refractivity contribution is 0.0212. The van der Waals surface area contributed by atoms with Crippen molar-refractivity contribution in [3.8, 4) is 0 Å². The van der Waals surface area contributed by atoms with E-state index in [0.717, 1.165) is 5.69 Å². The van der Waals surface area contributed by atoms with Gasteiger partial charge in [-0.15, -0.1) is 0 Å². The highest BCUT2D eigenvalue weighted by molar-refractivity contribution is 5.92. The summed E-state index contributed by atoms with van der Waals surface area (Å²) in [6, 6.07) is 0. The summed E-state index contributed by atoms with van der Waals surface area (Å²) in [5, 5.41) is 19.5. The summed E-state index contributed by atoms with van der Waals surface area (Å²) in [5.41, 5.74) is 1.70. The van der Waals surface area contributed by atoms with Gasteiger partial charge in [0.15, 0.2) is 0 Å². The Bertz CT molecular complexity index is 482. The molecule has 3 unspecified atom stereocenters. The van der Waals surface area contributed by atoms with Gasteiger partial charge in [0.05, 0.1) is 18.8 Å². The summed E-state index contributed by atoms with van der Waals surface area (Å²) >= 11 is 0. The molecule has 1 aromatic heterocycles. The topological polar surface area (TPSA) is 80.9 Å². The monoisotopic (exact) mass is 269 g/mol. The molecule has 0 aliphatic carbocycles. The number of aliphatic hydroxyl groups excluding tert-OH is 2. The Morgan fingerprint density at radius 3 is 2.79 bits per heavy atom. The van der Waals surface area contributed by atoms with Crippen molar-refractivity contribution in [1.29, 1.82) is 0 Å². The molecule has 0 radical (unpaired) electrons. The number of aliphatic hydroxyl groups is 2. The Balaban J connectivity index is 2.40. The fourth-order valence-electron chi connectivity index (χ4n) is 2.31. The molecule has 0 spiro atoms. The third-order valence-electron chi connectivity index (χ3n) is 3.45. The second kappa shape index (κ2) is 5.32. The molecule has 19 heavy (non-hydrogen) atoms. The van der Waals surface area contributed by atoms with Crippen molar-refractivity contribution in [3.05, 3.63) is 23.0 Å². The zero-order chi connectivity index (χ0) is 14.2. The van der Waals surface area contributed by atoms with Crippen LogP contribution in [0.5, 0.6) is 0 Å². The minimum atomic E-state index is -1.03. The molecule has 2 N–H and O–H groups in total. The molecule has 6 nitrogen and oxygen atoms in total. The molecular formula is C13H19NO5. The number of carbonyl (C=O) groups excluding carboxylic acids is 1. The van der Waals surface area contributed by atoms with Gasteiger partial charge in [0, 0.05) is 24.5 Å². The van der Waals surface area contributed by atoms with Crippen molar-refractivity contribution in [1.82, 2.24) is 4.57 Å². The maximum absolute atomic E-state index is 12.0. The minimum Gasteiger partial charge on any atom is -0.462 e. The lowest BCUT2D eigenvalue weighted by Crippen LogP contribution is -2.25. The van der Waals surface area contributed by atoms with Crippen molar-refractivity contribution in [2.75, 3.05) is 13.2 Å². The summed E-state index contributed by atoms with van der Waals surface area (Å²) in [4.78, 5) is 12.0. The van der Waals surface area contributed by atoms with E-state index in [-0.39, 0.29) is 13.2 Å². The number of aromatic nitrogens is 1. The molecule has 3 atom stereocenters. The Morgan fingerprint density at radius 2 is 2.26 bits per heavy atom. The third-order valence-corrected chi connectivity index (χ3v) is 3.45. The normalized spacial score (nSPS) is 26.7. The summed E-state index contributed by atoms with van der Waals surface area (Å²) in [7, 11) is 1.80. The van der Waals surface area contributed by atoms with Gasteiger partial charge in [-0.3, -0.25) is 0 Å². The van der Waals surface area contributed by atoms with Crippen LogP contribution in [0.25, 0.3) is 0 Å². The van der Waals surface area contributed by atoms with E-state index in [0.29, 0.717) is 11.1 Å². The van der Waals surface area contributed by atoms with Crippen molar-refractivity contribution in [2.24, 2.45) is 7.05 Å². The first-order valence-corrected chi connectivity index (χ1v) is 6.28. The van der Waals surface area contributed by atoms with Gasteiger partial charge in [-0.05, 0) is 13.8 Å². The molecule has 1 aromatic rings. The van der Waals surface area contributed by atoms with Crippen molar-refractivity contribution >= 4 is 5.97 Å². The van der Waals surface area contributed by atoms with Crippen molar-refractivity contribution in [3.63, 3.8) is 0 Å². The van der Waals surface area contributed by atoms with Crippen LogP contribution in [-0.2, 0) is 16.5 Å². The van der Waals surface area contributed by atoms with Crippen LogP contribution in [0.1, 0.15) is 34.6 Å². The Morgan fingerprint density at radius 1 is 1.58 bits per heavy atom. The number of aryl methyl sites for hydroxylation is 1. The number of hydrogen-bond acceptors (Lipinski definition) is 5. The van der Waals surface area contributed by atoms with Crippen LogP contribution in [0.3, 0.4) is 0 Å². The quantitative estimate of drug-likeness (QED) is 0.772. The molecule has 0 amide bonds. The number of nitrogens with zero attached hydrogens (tertiary/aromatic N) is 1. The minimum absolute atomic E-state index is 0.0576. The van der Waals surface area contributed by atoms with Gasteiger partial charge in [-0.1, -0.05) is 0 Å². The van der Waals surface area contributed by atoms with E-state index in [4.69, 9.17) is 9.47 Å². The number of ether oxygens (including phenoxy) is 2. The van der Waals surface area contributed by atoms with Gasteiger partial charge in [-0.25, -0.2) is 4.79 Å². The van der Waals surface area contributed by atoms with Crippen molar-refractivity contribution < 1.29 is 24.5 Å². The summed E-state index contributed by atoms with van der Waals surface area (Å²) in [6.07, 6.45) is -0.933. The first-order chi connectivity index (χ1) is 8.97. The Labute approximate surface area is 111 Å². The van der Waals surface area contributed by atoms with E-state index >= 15 is 0 Å². The number of carbonyl (C=O) groups is 1. The van der Waals surface area contributed by atoms with E-state index in [1.807, 2.05) is 0 Å². The Hall–Kier alpha value is -1.37. The predicted molar refractivity (Wildman–Crippen MR) is 66.8 cm³/mol. The highest BCUT2D eigenvalue weighted by Gasteiger charge is 2.39. The average molecular weight is 269 g/mol. The van der Waals surface area contributed by atoms with E-state index in [1.165, 1.54) is 0 Å². The second-order valence-electron chi connectivity index (χ2n) is 4.69. The first-order valence-electron chi connectivity index (χ1n) is 6.28. The summed E-state index contributed by atoms with van der Waals surface area (Å²) < 4.78 is 12.2.